The second-order valence-corrected chi connectivity index (χ2v) is 6.86. The number of aromatic nitrogens is 4. The maximum Gasteiger partial charge on any atom is 0.258 e. The number of nitrogen functional groups attached to an aromatic ring is 1. The summed E-state index contributed by atoms with van der Waals surface area (Å²) < 4.78 is 21.1. The molecule has 1 atom stereocenters. The Balaban J connectivity index is 1.99. The van der Waals surface area contributed by atoms with Crippen LogP contribution in [-0.2, 0) is 13.6 Å². The van der Waals surface area contributed by atoms with Gasteiger partial charge < -0.3 is 15.4 Å². The lowest BCUT2D eigenvalue weighted by Crippen LogP contribution is -2.29. The van der Waals surface area contributed by atoms with E-state index in [-0.39, 0.29) is 29.8 Å². The number of carbonyl (C=O) groups excluding carboxylic acids is 1. The Hall–Kier alpha value is -4.00. The molecule has 30 heavy (non-hydrogen) atoms. The number of nitriles is 1. The van der Waals surface area contributed by atoms with Gasteiger partial charge in [-0.25, -0.2) is 14.4 Å². The van der Waals surface area contributed by atoms with Crippen LogP contribution in [0.25, 0.3) is 11.3 Å². The molecule has 9 nitrogen and oxygen atoms in total. The average molecular weight is 407 g/mol. The Labute approximate surface area is 171 Å². The summed E-state index contributed by atoms with van der Waals surface area (Å²) in [7, 11) is 3.24. The van der Waals surface area contributed by atoms with Crippen LogP contribution in [0.2, 0.25) is 0 Å². The zero-order valence-corrected chi connectivity index (χ0v) is 16.3. The summed E-state index contributed by atoms with van der Waals surface area (Å²) >= 11 is 0. The molecular weight excluding hydrogens is 389 g/mol. The van der Waals surface area contributed by atoms with E-state index in [1.165, 1.54) is 15.8 Å². The Kier molecular flexibility index (Phi) is 4.79. The predicted octanol–water partition coefficient (Wildman–Crippen LogP) is 2.01. The summed E-state index contributed by atoms with van der Waals surface area (Å²) in [6.45, 7) is -0.790. The normalized spacial score (nSPS) is 15.9. The molecule has 0 aliphatic carbocycles. The van der Waals surface area contributed by atoms with Crippen molar-refractivity contribution >= 4 is 11.7 Å². The highest BCUT2D eigenvalue weighted by atomic mass is 19.1. The molecule has 0 saturated carbocycles. The fourth-order valence-corrected chi connectivity index (χ4v) is 3.46. The van der Waals surface area contributed by atoms with Crippen molar-refractivity contribution in [2.24, 2.45) is 7.05 Å². The molecule has 2 N–H and O–H groups in total. The van der Waals surface area contributed by atoms with Gasteiger partial charge in [0.15, 0.2) is 11.9 Å². The first-order valence-corrected chi connectivity index (χ1v) is 9.10. The number of amides is 1. The number of nitrogens with two attached hydrogens (primary N) is 1. The quantitative estimate of drug-likeness (QED) is 0.654. The van der Waals surface area contributed by atoms with Crippen molar-refractivity contribution in [1.29, 1.82) is 5.26 Å². The number of halogens is 1. The monoisotopic (exact) mass is 407 g/mol. The summed E-state index contributed by atoms with van der Waals surface area (Å²) in [5.41, 5.74) is 8.02. The van der Waals surface area contributed by atoms with Gasteiger partial charge in [-0.15, -0.1) is 0 Å². The lowest BCUT2D eigenvalue weighted by molar-refractivity contribution is 0.0775. The summed E-state index contributed by atoms with van der Waals surface area (Å²) in [6, 6.07) is 8.73. The Bertz CT molecular complexity index is 1180. The molecule has 0 fully saturated rings. The number of hydrogen-bond donors (Lipinski definition) is 1. The van der Waals surface area contributed by atoms with E-state index in [1.807, 2.05) is 0 Å². The maximum absolute atomic E-state index is 14.0. The zero-order chi connectivity index (χ0) is 21.4. The van der Waals surface area contributed by atoms with Crippen LogP contribution in [-0.4, -0.2) is 44.3 Å². The number of carbonyl (C=O) groups is 1. The smallest absolute Gasteiger partial charge is 0.258 e. The van der Waals surface area contributed by atoms with Crippen molar-refractivity contribution in [2.75, 3.05) is 19.5 Å². The first kappa shape index (κ1) is 19.3. The lowest BCUT2D eigenvalue weighted by Gasteiger charge is -2.23. The highest BCUT2D eigenvalue weighted by molar-refractivity contribution is 5.95. The molecule has 1 amide bonds. The largest absolute Gasteiger partial charge is 0.464 e. The molecule has 0 saturated heterocycles. The van der Waals surface area contributed by atoms with Gasteiger partial charge in [0.25, 0.3) is 11.8 Å². The molecule has 3 heterocycles. The van der Waals surface area contributed by atoms with Crippen LogP contribution in [0.15, 0.2) is 30.5 Å². The summed E-state index contributed by atoms with van der Waals surface area (Å²) in [4.78, 5) is 23.1. The van der Waals surface area contributed by atoms with Gasteiger partial charge in [0.2, 0.25) is 0 Å². The van der Waals surface area contributed by atoms with Gasteiger partial charge in [-0.3, -0.25) is 9.48 Å². The molecule has 1 aromatic carbocycles. The number of rotatable bonds is 1. The molecule has 1 unspecified atom stereocenters. The van der Waals surface area contributed by atoms with Crippen molar-refractivity contribution in [3.8, 4) is 23.2 Å². The first-order chi connectivity index (χ1) is 14.4. The fourth-order valence-electron chi connectivity index (χ4n) is 3.46. The number of nitrogens with zero attached hydrogens (tertiary/aromatic N) is 6. The molecule has 0 radical (unpaired) electrons. The average Bonchev–Trinajstić information content (AvgIpc) is 3.06. The fraction of sp³-hybridized carbons (Fsp3) is 0.250. The number of fused-ring (bicyclic) bond motifs is 5. The van der Waals surface area contributed by atoms with Crippen LogP contribution >= 0.6 is 0 Å². The maximum atomic E-state index is 14.0. The van der Waals surface area contributed by atoms with Crippen LogP contribution in [0.4, 0.5) is 10.2 Å². The third-order valence-electron chi connectivity index (χ3n) is 4.91. The lowest BCUT2D eigenvalue weighted by atomic mass is 10.0. The van der Waals surface area contributed by atoms with Crippen LogP contribution in [0.1, 0.15) is 33.4 Å². The molecule has 4 rings (SSSR count). The minimum Gasteiger partial charge on any atom is -0.464 e. The number of anilines is 1. The minimum absolute atomic E-state index is 0.0286. The molecule has 10 heteroatoms. The second kappa shape index (κ2) is 7.44. The van der Waals surface area contributed by atoms with Crippen molar-refractivity contribution < 1.29 is 13.9 Å². The van der Waals surface area contributed by atoms with E-state index in [1.54, 1.807) is 38.4 Å². The molecule has 0 spiro atoms. The van der Waals surface area contributed by atoms with E-state index in [9.17, 15) is 14.4 Å². The third-order valence-corrected chi connectivity index (χ3v) is 4.91. The van der Waals surface area contributed by atoms with Gasteiger partial charge in [-0.05, 0) is 6.07 Å². The standard InChI is InChI=1S/C20H18FN7O2/c1-27-10-14-17(15(8-22)28(2)26-14)13-9-24-18(23)19(25-13)30-16(7-21)11-5-3-4-6-12(11)20(27)29/h3-6,9,16H,7,10H2,1-2H3,(H2,23,24). The minimum atomic E-state index is -1.10. The zero-order valence-electron chi connectivity index (χ0n) is 16.3. The number of aryl methyl sites for hydroxylation is 1. The predicted molar refractivity (Wildman–Crippen MR) is 105 cm³/mol. The van der Waals surface area contributed by atoms with Gasteiger partial charge in [-0.1, -0.05) is 18.2 Å². The van der Waals surface area contributed by atoms with E-state index in [2.05, 4.69) is 21.1 Å². The van der Waals surface area contributed by atoms with E-state index >= 15 is 0 Å². The second-order valence-electron chi connectivity index (χ2n) is 6.86. The summed E-state index contributed by atoms with van der Waals surface area (Å²) in [5, 5.41) is 14.0. The highest BCUT2D eigenvalue weighted by Crippen LogP contribution is 2.33. The number of hydrogen-bond acceptors (Lipinski definition) is 7. The van der Waals surface area contributed by atoms with E-state index < -0.39 is 12.8 Å². The summed E-state index contributed by atoms with van der Waals surface area (Å²) in [5.74, 6) is -0.435. The number of benzene rings is 1. The Morgan fingerprint density at radius 1 is 1.37 bits per heavy atom. The molecule has 152 valence electrons. The van der Waals surface area contributed by atoms with Crippen LogP contribution in [0.3, 0.4) is 0 Å². The Morgan fingerprint density at radius 2 is 2.13 bits per heavy atom. The van der Waals surface area contributed by atoms with Gasteiger partial charge in [0, 0.05) is 25.2 Å². The van der Waals surface area contributed by atoms with E-state index in [4.69, 9.17) is 10.5 Å². The molecule has 2 aromatic heterocycles. The van der Waals surface area contributed by atoms with Crippen molar-refractivity contribution in [2.45, 2.75) is 12.6 Å². The van der Waals surface area contributed by atoms with E-state index in [0.29, 0.717) is 28.1 Å². The van der Waals surface area contributed by atoms with Crippen molar-refractivity contribution in [3.05, 3.63) is 53.0 Å². The number of ether oxygens (including phenoxy) is 1. The highest BCUT2D eigenvalue weighted by Gasteiger charge is 2.28. The van der Waals surface area contributed by atoms with Gasteiger partial charge in [-0.2, -0.15) is 10.4 Å². The van der Waals surface area contributed by atoms with E-state index in [0.717, 1.165) is 0 Å². The topological polar surface area (TPSA) is 123 Å². The SMILES string of the molecule is CN1Cc2nn(C)c(C#N)c2-c2cnc(N)c(n2)OC(CF)c2ccccc2C1=O. The Morgan fingerprint density at radius 3 is 2.87 bits per heavy atom. The molecule has 1 aliphatic heterocycles. The molecule has 1 aliphatic rings. The van der Waals surface area contributed by atoms with Crippen LogP contribution in [0, 0.1) is 11.3 Å². The van der Waals surface area contributed by atoms with Gasteiger partial charge in [0.1, 0.15) is 18.4 Å². The van der Waals surface area contributed by atoms with Gasteiger partial charge >= 0.3 is 0 Å². The first-order valence-electron chi connectivity index (χ1n) is 9.10. The van der Waals surface area contributed by atoms with Crippen molar-refractivity contribution in [1.82, 2.24) is 24.6 Å². The number of alkyl halides is 1. The van der Waals surface area contributed by atoms with Gasteiger partial charge in [0.05, 0.1) is 29.7 Å². The van der Waals surface area contributed by atoms with Crippen molar-refractivity contribution in [3.63, 3.8) is 0 Å². The molecular formula is C20H18FN7O2. The van der Waals surface area contributed by atoms with Crippen LogP contribution < -0.4 is 10.5 Å². The molecule has 3 aromatic rings. The third kappa shape index (κ3) is 3.10. The van der Waals surface area contributed by atoms with Crippen LogP contribution in [0.5, 0.6) is 5.88 Å². The summed E-state index contributed by atoms with van der Waals surface area (Å²) in [6.07, 6.45) is 0.295. The molecule has 2 bridgehead atoms.